The minimum atomic E-state index is -0.745. The molecule has 0 aromatic heterocycles. The summed E-state index contributed by atoms with van der Waals surface area (Å²) in [7, 11) is 0. The third-order valence-electron chi connectivity index (χ3n) is 2.54. The summed E-state index contributed by atoms with van der Waals surface area (Å²) in [5.74, 6) is -0.486. The summed E-state index contributed by atoms with van der Waals surface area (Å²) >= 11 is 5.98. The van der Waals surface area contributed by atoms with Gasteiger partial charge in [-0.2, -0.15) is 0 Å². The van der Waals surface area contributed by atoms with E-state index in [4.69, 9.17) is 16.3 Å². The van der Waals surface area contributed by atoms with Crippen LogP contribution in [0.5, 0.6) is 0 Å². The van der Waals surface area contributed by atoms with Crippen LogP contribution in [-0.4, -0.2) is 23.6 Å². The maximum absolute atomic E-state index is 11.8. The number of rotatable bonds is 3. The molecule has 1 aromatic rings. The van der Waals surface area contributed by atoms with E-state index in [2.05, 4.69) is 10.6 Å². The first kappa shape index (κ1) is 17.3. The van der Waals surface area contributed by atoms with Gasteiger partial charge in [0.25, 0.3) is 0 Å². The smallest absolute Gasteiger partial charge is 0.328 e. The maximum Gasteiger partial charge on any atom is 0.328 e. The molecule has 2 N–H and O–H groups in total. The fraction of sp³-hybridized carbons (Fsp3) is 0.467. The van der Waals surface area contributed by atoms with Crippen molar-refractivity contribution in [2.24, 2.45) is 0 Å². The van der Waals surface area contributed by atoms with Gasteiger partial charge in [0, 0.05) is 10.7 Å². The Morgan fingerprint density at radius 1 is 1.29 bits per heavy atom. The van der Waals surface area contributed by atoms with Crippen molar-refractivity contribution in [2.75, 3.05) is 5.32 Å². The third kappa shape index (κ3) is 6.04. The third-order valence-corrected chi connectivity index (χ3v) is 2.94. The number of urea groups is 1. The standard InChI is InChI=1S/C15H21ClN2O3/c1-9-6-7-11(8-12(9)16)18-14(20)17-10(2)13(19)21-15(3,4)5/h6-8,10H,1-5H3,(H2,17,18,20)/t10-/m0/s1. The van der Waals surface area contributed by atoms with Crippen molar-refractivity contribution >= 4 is 29.3 Å². The van der Waals surface area contributed by atoms with Gasteiger partial charge in [0.2, 0.25) is 0 Å². The Labute approximate surface area is 130 Å². The van der Waals surface area contributed by atoms with Gasteiger partial charge in [-0.1, -0.05) is 17.7 Å². The molecule has 0 heterocycles. The molecular formula is C15H21ClN2O3. The predicted molar refractivity (Wildman–Crippen MR) is 83.7 cm³/mol. The molecule has 0 radical (unpaired) electrons. The first-order chi connectivity index (χ1) is 9.58. The summed E-state index contributed by atoms with van der Waals surface area (Å²) < 4.78 is 5.18. The molecule has 1 aromatic carbocycles. The normalized spacial score (nSPS) is 12.5. The zero-order valence-corrected chi connectivity index (χ0v) is 13.7. The van der Waals surface area contributed by atoms with E-state index < -0.39 is 23.6 Å². The van der Waals surface area contributed by atoms with Crippen LogP contribution in [0.15, 0.2) is 18.2 Å². The van der Waals surface area contributed by atoms with Crippen LogP contribution in [0, 0.1) is 6.92 Å². The van der Waals surface area contributed by atoms with Gasteiger partial charge in [-0.15, -0.1) is 0 Å². The first-order valence-corrected chi connectivity index (χ1v) is 7.03. The highest BCUT2D eigenvalue weighted by Crippen LogP contribution is 2.19. The molecule has 0 aliphatic rings. The lowest BCUT2D eigenvalue weighted by atomic mass is 10.2. The number of nitrogens with one attached hydrogen (secondary N) is 2. The number of amides is 2. The van der Waals surface area contributed by atoms with E-state index in [1.165, 1.54) is 0 Å². The van der Waals surface area contributed by atoms with Crippen LogP contribution in [-0.2, 0) is 9.53 Å². The lowest BCUT2D eigenvalue weighted by Crippen LogP contribution is -2.43. The lowest BCUT2D eigenvalue weighted by molar-refractivity contribution is -0.156. The highest BCUT2D eigenvalue weighted by atomic mass is 35.5. The van der Waals surface area contributed by atoms with Crippen LogP contribution in [0.4, 0.5) is 10.5 Å². The number of hydrogen-bond donors (Lipinski definition) is 2. The molecule has 6 heteroatoms. The second-order valence-electron chi connectivity index (χ2n) is 5.82. The van der Waals surface area contributed by atoms with Crippen molar-refractivity contribution in [1.29, 1.82) is 0 Å². The molecule has 0 unspecified atom stereocenters. The summed E-state index contributed by atoms with van der Waals surface area (Å²) in [6.45, 7) is 8.75. The van der Waals surface area contributed by atoms with Gasteiger partial charge in [0.1, 0.15) is 11.6 Å². The zero-order valence-electron chi connectivity index (χ0n) is 12.9. The summed E-state index contributed by atoms with van der Waals surface area (Å²) in [5, 5.41) is 5.70. The highest BCUT2D eigenvalue weighted by molar-refractivity contribution is 6.31. The summed E-state index contributed by atoms with van der Waals surface area (Å²) in [6.07, 6.45) is 0. The van der Waals surface area contributed by atoms with Crippen LogP contribution in [0.2, 0.25) is 5.02 Å². The summed E-state index contributed by atoms with van der Waals surface area (Å²) in [6, 6.07) is 3.95. The lowest BCUT2D eigenvalue weighted by Gasteiger charge is -2.22. The minimum absolute atomic E-state index is 0.486. The Morgan fingerprint density at radius 3 is 2.43 bits per heavy atom. The first-order valence-electron chi connectivity index (χ1n) is 6.65. The van der Waals surface area contributed by atoms with E-state index in [9.17, 15) is 9.59 Å². The Morgan fingerprint density at radius 2 is 1.90 bits per heavy atom. The van der Waals surface area contributed by atoms with Crippen LogP contribution in [0.3, 0.4) is 0 Å². The molecule has 5 nitrogen and oxygen atoms in total. The Kier molecular flexibility index (Phi) is 5.61. The number of carbonyl (C=O) groups is 2. The van der Waals surface area contributed by atoms with Crippen LogP contribution in [0.25, 0.3) is 0 Å². The number of halogens is 1. The molecule has 0 saturated heterocycles. The van der Waals surface area contributed by atoms with Crippen molar-refractivity contribution in [3.63, 3.8) is 0 Å². The summed E-state index contributed by atoms with van der Waals surface area (Å²) in [4.78, 5) is 23.6. The number of anilines is 1. The zero-order chi connectivity index (χ0) is 16.2. The number of carbonyl (C=O) groups excluding carboxylic acids is 2. The second-order valence-corrected chi connectivity index (χ2v) is 6.22. The molecule has 116 valence electrons. The Balaban J connectivity index is 2.57. The van der Waals surface area contributed by atoms with E-state index in [1.54, 1.807) is 45.9 Å². The van der Waals surface area contributed by atoms with Crippen LogP contribution < -0.4 is 10.6 Å². The number of ether oxygens (including phenoxy) is 1. The van der Waals surface area contributed by atoms with E-state index >= 15 is 0 Å². The second kappa shape index (κ2) is 6.80. The van der Waals surface area contributed by atoms with Crippen molar-refractivity contribution in [3.8, 4) is 0 Å². The molecule has 0 spiro atoms. The van der Waals surface area contributed by atoms with E-state index in [-0.39, 0.29) is 0 Å². The molecule has 0 saturated carbocycles. The number of aryl methyl sites for hydroxylation is 1. The van der Waals surface area contributed by atoms with Crippen molar-refractivity contribution in [2.45, 2.75) is 46.3 Å². The van der Waals surface area contributed by atoms with Crippen LogP contribution in [0.1, 0.15) is 33.3 Å². The molecule has 21 heavy (non-hydrogen) atoms. The molecule has 0 aliphatic carbocycles. The average Bonchev–Trinajstić information content (AvgIpc) is 2.31. The predicted octanol–water partition coefficient (Wildman–Crippen LogP) is 3.50. The maximum atomic E-state index is 11.8. The van der Waals surface area contributed by atoms with Gasteiger partial charge >= 0.3 is 12.0 Å². The molecule has 1 rings (SSSR count). The monoisotopic (exact) mass is 312 g/mol. The van der Waals surface area contributed by atoms with Gasteiger partial charge in [-0.25, -0.2) is 9.59 Å². The number of hydrogen-bond acceptors (Lipinski definition) is 3. The summed E-state index contributed by atoms with van der Waals surface area (Å²) in [5.41, 5.74) is 0.887. The van der Waals surface area contributed by atoms with E-state index in [0.29, 0.717) is 10.7 Å². The molecule has 0 fully saturated rings. The number of esters is 1. The van der Waals surface area contributed by atoms with Crippen molar-refractivity contribution in [3.05, 3.63) is 28.8 Å². The SMILES string of the molecule is Cc1ccc(NC(=O)N[C@@H](C)C(=O)OC(C)(C)C)cc1Cl. The highest BCUT2D eigenvalue weighted by Gasteiger charge is 2.22. The largest absolute Gasteiger partial charge is 0.458 e. The topological polar surface area (TPSA) is 67.4 Å². The molecule has 1 atom stereocenters. The minimum Gasteiger partial charge on any atom is -0.458 e. The van der Waals surface area contributed by atoms with Crippen molar-refractivity contribution in [1.82, 2.24) is 5.32 Å². The van der Waals surface area contributed by atoms with Crippen LogP contribution >= 0.6 is 11.6 Å². The van der Waals surface area contributed by atoms with Crippen molar-refractivity contribution < 1.29 is 14.3 Å². The fourth-order valence-electron chi connectivity index (χ4n) is 1.48. The molecule has 0 aliphatic heterocycles. The average molecular weight is 313 g/mol. The number of benzene rings is 1. The van der Waals surface area contributed by atoms with Gasteiger partial charge in [-0.05, 0) is 52.3 Å². The van der Waals surface area contributed by atoms with Gasteiger partial charge < -0.3 is 15.4 Å². The van der Waals surface area contributed by atoms with E-state index in [1.807, 2.05) is 6.92 Å². The van der Waals surface area contributed by atoms with Gasteiger partial charge in [0.05, 0.1) is 0 Å². The fourth-order valence-corrected chi connectivity index (χ4v) is 1.66. The Hall–Kier alpha value is -1.75. The molecular weight excluding hydrogens is 292 g/mol. The van der Waals surface area contributed by atoms with E-state index in [0.717, 1.165) is 5.56 Å². The quantitative estimate of drug-likeness (QED) is 0.839. The molecule has 0 bridgehead atoms. The molecule has 2 amide bonds. The Bertz CT molecular complexity index is 538. The van der Waals surface area contributed by atoms with Gasteiger partial charge in [-0.3, -0.25) is 0 Å². The van der Waals surface area contributed by atoms with Gasteiger partial charge in [0.15, 0.2) is 0 Å².